The zero-order valence-electron chi connectivity index (χ0n) is 14.5. The first-order valence-electron chi connectivity index (χ1n) is 8.06. The summed E-state index contributed by atoms with van der Waals surface area (Å²) in [5, 5.41) is 5.58. The summed E-state index contributed by atoms with van der Waals surface area (Å²) >= 11 is 0. The van der Waals surface area contributed by atoms with Crippen LogP contribution in [0.3, 0.4) is 0 Å². The molecule has 0 unspecified atom stereocenters. The number of hydrogen-bond donors (Lipinski definition) is 2. The first-order valence-corrected chi connectivity index (χ1v) is 8.06. The minimum Gasteiger partial charge on any atom is -0.489 e. The van der Waals surface area contributed by atoms with Crippen molar-refractivity contribution in [3.63, 3.8) is 0 Å². The maximum atomic E-state index is 12.3. The van der Waals surface area contributed by atoms with E-state index in [4.69, 9.17) is 4.74 Å². The molecule has 0 atom stereocenters. The zero-order valence-corrected chi connectivity index (χ0v) is 14.5. The Morgan fingerprint density at radius 3 is 2.28 bits per heavy atom. The van der Waals surface area contributed by atoms with Crippen molar-refractivity contribution in [2.75, 3.05) is 17.2 Å². The van der Waals surface area contributed by atoms with Crippen molar-refractivity contribution in [3.05, 3.63) is 66.2 Å². The number of rotatable bonds is 7. The Bertz CT molecular complexity index is 767. The summed E-state index contributed by atoms with van der Waals surface area (Å²) in [4.78, 5) is 23.8. The van der Waals surface area contributed by atoms with Crippen LogP contribution in [0.15, 0.2) is 60.7 Å². The minimum atomic E-state index is -0.231. The highest BCUT2D eigenvalue weighted by Gasteiger charge is 2.07. The lowest BCUT2D eigenvalue weighted by molar-refractivity contribution is -0.115. The van der Waals surface area contributed by atoms with E-state index in [2.05, 4.69) is 17.2 Å². The van der Waals surface area contributed by atoms with Gasteiger partial charge in [-0.2, -0.15) is 0 Å². The maximum Gasteiger partial charge on any atom is 0.255 e. The van der Waals surface area contributed by atoms with E-state index in [9.17, 15) is 9.59 Å². The predicted molar refractivity (Wildman–Crippen MR) is 100 cm³/mol. The van der Waals surface area contributed by atoms with Gasteiger partial charge in [0.05, 0.1) is 0 Å². The quantitative estimate of drug-likeness (QED) is 0.742. The minimum absolute atomic E-state index is 0.0752. The zero-order chi connectivity index (χ0) is 18.2. The molecule has 0 fully saturated rings. The van der Waals surface area contributed by atoms with Crippen LogP contribution in [0.5, 0.6) is 5.75 Å². The molecule has 130 valence electrons. The van der Waals surface area contributed by atoms with Crippen molar-refractivity contribution in [2.45, 2.75) is 20.3 Å². The molecule has 5 nitrogen and oxygen atoms in total. The van der Waals surface area contributed by atoms with Crippen LogP contribution in [0.2, 0.25) is 0 Å². The second-order valence-corrected chi connectivity index (χ2v) is 5.71. The average molecular weight is 338 g/mol. The van der Waals surface area contributed by atoms with Gasteiger partial charge in [0, 0.05) is 23.4 Å². The van der Waals surface area contributed by atoms with Crippen LogP contribution in [-0.2, 0) is 4.79 Å². The van der Waals surface area contributed by atoms with Crippen molar-refractivity contribution in [1.29, 1.82) is 0 Å². The topological polar surface area (TPSA) is 67.4 Å². The molecule has 2 amide bonds. The second kappa shape index (κ2) is 8.68. The monoisotopic (exact) mass is 338 g/mol. The molecule has 0 saturated carbocycles. The number of nitrogens with one attached hydrogen (secondary N) is 2. The molecular formula is C20H22N2O3. The Balaban J connectivity index is 2.00. The van der Waals surface area contributed by atoms with E-state index < -0.39 is 0 Å². The summed E-state index contributed by atoms with van der Waals surface area (Å²) in [5.41, 5.74) is 2.71. The van der Waals surface area contributed by atoms with Crippen molar-refractivity contribution in [2.24, 2.45) is 0 Å². The van der Waals surface area contributed by atoms with Crippen LogP contribution in [0.25, 0.3) is 0 Å². The molecule has 0 aromatic heterocycles. The van der Waals surface area contributed by atoms with E-state index in [1.807, 2.05) is 6.92 Å². The van der Waals surface area contributed by atoms with Gasteiger partial charge in [-0.25, -0.2) is 0 Å². The lowest BCUT2D eigenvalue weighted by atomic mass is 10.2. The SMILES string of the molecule is C=C(C)COc1ccc(C(=O)Nc2cccc(NC(=O)CC)c2)cc1. The normalized spacial score (nSPS) is 10.0. The summed E-state index contributed by atoms with van der Waals surface area (Å²) in [6.45, 7) is 7.89. The van der Waals surface area contributed by atoms with Crippen LogP contribution in [0.4, 0.5) is 11.4 Å². The molecule has 5 heteroatoms. The van der Waals surface area contributed by atoms with Gasteiger partial charge in [0.1, 0.15) is 12.4 Å². The van der Waals surface area contributed by atoms with E-state index >= 15 is 0 Å². The summed E-state index contributed by atoms with van der Waals surface area (Å²) in [6, 6.07) is 13.9. The van der Waals surface area contributed by atoms with Crippen molar-refractivity contribution in [3.8, 4) is 5.75 Å². The Labute approximate surface area is 147 Å². The number of anilines is 2. The molecule has 25 heavy (non-hydrogen) atoms. The highest BCUT2D eigenvalue weighted by molar-refractivity contribution is 6.04. The molecule has 2 N–H and O–H groups in total. The number of carbonyl (C=O) groups excluding carboxylic acids is 2. The van der Waals surface area contributed by atoms with Crippen LogP contribution >= 0.6 is 0 Å². The first-order chi connectivity index (χ1) is 12.0. The molecule has 0 aliphatic heterocycles. The Hall–Kier alpha value is -3.08. The summed E-state index contributed by atoms with van der Waals surface area (Å²) in [7, 11) is 0. The third-order valence-corrected chi connectivity index (χ3v) is 3.33. The second-order valence-electron chi connectivity index (χ2n) is 5.71. The lowest BCUT2D eigenvalue weighted by Crippen LogP contribution is -2.13. The summed E-state index contributed by atoms with van der Waals surface area (Å²) in [5.74, 6) is 0.378. The standard InChI is InChI=1S/C20H22N2O3/c1-4-19(23)21-16-6-5-7-17(12-16)22-20(24)15-8-10-18(11-9-15)25-13-14(2)3/h5-12H,2,4,13H2,1,3H3,(H,21,23)(H,22,24). The highest BCUT2D eigenvalue weighted by atomic mass is 16.5. The highest BCUT2D eigenvalue weighted by Crippen LogP contribution is 2.18. The van der Waals surface area contributed by atoms with Gasteiger partial charge in [-0.15, -0.1) is 0 Å². The molecule has 0 saturated heterocycles. The molecular weight excluding hydrogens is 316 g/mol. The molecule has 2 aromatic carbocycles. The maximum absolute atomic E-state index is 12.3. The summed E-state index contributed by atoms with van der Waals surface area (Å²) < 4.78 is 5.51. The fourth-order valence-corrected chi connectivity index (χ4v) is 2.04. The molecule has 2 aromatic rings. The van der Waals surface area contributed by atoms with Crippen molar-refractivity contribution in [1.82, 2.24) is 0 Å². The number of carbonyl (C=O) groups is 2. The Kier molecular flexibility index (Phi) is 6.34. The Morgan fingerprint density at radius 1 is 1.04 bits per heavy atom. The Morgan fingerprint density at radius 2 is 1.68 bits per heavy atom. The third kappa shape index (κ3) is 5.80. The van der Waals surface area contributed by atoms with Gasteiger partial charge in [0.25, 0.3) is 5.91 Å². The number of amides is 2. The van der Waals surface area contributed by atoms with Crippen LogP contribution in [0, 0.1) is 0 Å². The number of hydrogen-bond acceptors (Lipinski definition) is 3. The largest absolute Gasteiger partial charge is 0.489 e. The van der Waals surface area contributed by atoms with Gasteiger partial charge in [-0.3, -0.25) is 9.59 Å². The van der Waals surface area contributed by atoms with Crippen LogP contribution in [-0.4, -0.2) is 18.4 Å². The average Bonchev–Trinajstić information content (AvgIpc) is 2.60. The first kappa shape index (κ1) is 18.3. The predicted octanol–water partition coefficient (Wildman–Crippen LogP) is 4.24. The lowest BCUT2D eigenvalue weighted by Gasteiger charge is -2.09. The van der Waals surface area contributed by atoms with E-state index in [1.54, 1.807) is 55.5 Å². The van der Waals surface area contributed by atoms with Crippen molar-refractivity contribution < 1.29 is 14.3 Å². The smallest absolute Gasteiger partial charge is 0.255 e. The molecule has 0 heterocycles. The molecule has 0 radical (unpaired) electrons. The van der Waals surface area contributed by atoms with Crippen LogP contribution < -0.4 is 15.4 Å². The molecule has 0 bridgehead atoms. The van der Waals surface area contributed by atoms with E-state index in [1.165, 1.54) is 0 Å². The van der Waals surface area contributed by atoms with Crippen LogP contribution in [0.1, 0.15) is 30.6 Å². The fraction of sp³-hybridized carbons (Fsp3) is 0.200. The third-order valence-electron chi connectivity index (χ3n) is 3.33. The van der Waals surface area contributed by atoms with Gasteiger partial charge in [-0.05, 0) is 55.0 Å². The van der Waals surface area contributed by atoms with E-state index in [0.29, 0.717) is 35.7 Å². The van der Waals surface area contributed by atoms with E-state index in [-0.39, 0.29) is 11.8 Å². The number of ether oxygens (including phenoxy) is 1. The molecule has 2 rings (SSSR count). The van der Waals surface area contributed by atoms with Gasteiger partial charge in [0.2, 0.25) is 5.91 Å². The van der Waals surface area contributed by atoms with Gasteiger partial charge >= 0.3 is 0 Å². The van der Waals surface area contributed by atoms with E-state index in [0.717, 1.165) is 5.57 Å². The number of benzene rings is 2. The van der Waals surface area contributed by atoms with Crippen molar-refractivity contribution >= 4 is 23.2 Å². The van der Waals surface area contributed by atoms with Gasteiger partial charge in [0.15, 0.2) is 0 Å². The fourth-order valence-electron chi connectivity index (χ4n) is 2.04. The molecule has 0 spiro atoms. The van der Waals surface area contributed by atoms with Gasteiger partial charge in [-0.1, -0.05) is 19.6 Å². The molecule has 0 aliphatic rings. The summed E-state index contributed by atoms with van der Waals surface area (Å²) in [6.07, 6.45) is 0.399. The van der Waals surface area contributed by atoms with Gasteiger partial charge < -0.3 is 15.4 Å². The molecule has 0 aliphatic carbocycles.